The van der Waals surface area contributed by atoms with Gasteiger partial charge in [0.05, 0.1) is 25.3 Å². The number of anilines is 1. The lowest BCUT2D eigenvalue weighted by atomic mass is 9.92. The van der Waals surface area contributed by atoms with Crippen LogP contribution in [0.4, 0.5) is 5.69 Å². The Balaban J connectivity index is 2.18. The van der Waals surface area contributed by atoms with E-state index in [1.807, 2.05) is 65.8 Å². The summed E-state index contributed by atoms with van der Waals surface area (Å²) < 4.78 is 10.1. The van der Waals surface area contributed by atoms with Gasteiger partial charge in [0.2, 0.25) is 0 Å². The first-order valence-electron chi connectivity index (χ1n) is 8.48. The Bertz CT molecular complexity index is 862. The van der Waals surface area contributed by atoms with Gasteiger partial charge in [0, 0.05) is 12.1 Å². The van der Waals surface area contributed by atoms with Gasteiger partial charge in [-0.3, -0.25) is 4.79 Å². The number of Topliss-reactive ketones (excluding diaryl/α,β-unsaturated/α-hetero) is 1. The number of benzene rings is 2. The Morgan fingerprint density at radius 3 is 2.30 bits per heavy atom. The minimum atomic E-state index is -0.602. The van der Waals surface area contributed by atoms with Crippen LogP contribution in [0, 0.1) is 0 Å². The molecule has 2 aromatic rings. The molecule has 0 amide bonds. The molecule has 1 atom stereocenters. The molecular weight excluding hydrogens is 362 g/mol. The summed E-state index contributed by atoms with van der Waals surface area (Å²) >= 11 is 1.37. The van der Waals surface area contributed by atoms with E-state index in [1.54, 1.807) is 7.11 Å². The number of methoxy groups -OCH3 is 2. The molecule has 0 aliphatic carbocycles. The van der Waals surface area contributed by atoms with Crippen molar-refractivity contribution in [1.29, 1.82) is 0 Å². The van der Waals surface area contributed by atoms with Gasteiger partial charge in [-0.05, 0) is 36.1 Å². The van der Waals surface area contributed by atoms with Gasteiger partial charge in [-0.1, -0.05) is 30.3 Å². The average Bonchev–Trinajstić information content (AvgIpc) is 2.73. The summed E-state index contributed by atoms with van der Waals surface area (Å²) in [6.45, 7) is 0. The Morgan fingerprint density at radius 1 is 1.07 bits per heavy atom. The third kappa shape index (κ3) is 3.71. The van der Waals surface area contributed by atoms with Crippen LogP contribution >= 0.6 is 11.8 Å². The third-order valence-electron chi connectivity index (χ3n) is 4.52. The molecule has 6 heteroatoms. The van der Waals surface area contributed by atoms with Gasteiger partial charge in [-0.2, -0.15) is 0 Å². The van der Waals surface area contributed by atoms with Gasteiger partial charge < -0.3 is 14.4 Å². The minimum absolute atomic E-state index is 0.105. The molecule has 0 fully saturated rings. The summed E-state index contributed by atoms with van der Waals surface area (Å²) in [6, 6.07) is 17.2. The highest BCUT2D eigenvalue weighted by molar-refractivity contribution is 8.02. The van der Waals surface area contributed by atoms with Crippen LogP contribution in [0.25, 0.3) is 0 Å². The topological polar surface area (TPSA) is 55.8 Å². The number of ether oxygens (including phenoxy) is 2. The maximum absolute atomic E-state index is 12.8. The Kier molecular flexibility index (Phi) is 5.86. The minimum Gasteiger partial charge on any atom is -0.497 e. The Hall–Kier alpha value is -2.73. The van der Waals surface area contributed by atoms with Gasteiger partial charge in [0.25, 0.3) is 0 Å². The normalized spacial score (nSPS) is 17.1. The second-order valence-electron chi connectivity index (χ2n) is 6.00. The van der Waals surface area contributed by atoms with Crippen LogP contribution in [0.3, 0.4) is 0 Å². The van der Waals surface area contributed by atoms with Gasteiger partial charge in [-0.15, -0.1) is 11.8 Å². The number of nitrogens with zero attached hydrogens (tertiary/aromatic N) is 1. The molecule has 0 N–H and O–H groups in total. The van der Waals surface area contributed by atoms with Crippen molar-refractivity contribution in [3.8, 4) is 5.75 Å². The molecule has 0 aromatic heterocycles. The average molecular weight is 383 g/mol. The summed E-state index contributed by atoms with van der Waals surface area (Å²) in [7, 11) is 2.91. The number of hydrogen-bond donors (Lipinski definition) is 0. The van der Waals surface area contributed by atoms with Crippen molar-refractivity contribution in [3.63, 3.8) is 0 Å². The van der Waals surface area contributed by atoms with E-state index in [0.29, 0.717) is 5.03 Å². The third-order valence-corrected chi connectivity index (χ3v) is 5.31. The first kappa shape index (κ1) is 19.0. The summed E-state index contributed by atoms with van der Waals surface area (Å²) in [5, 5.41) is 0.595. The fourth-order valence-corrected chi connectivity index (χ4v) is 4.07. The molecule has 0 unspecified atom stereocenters. The van der Waals surface area contributed by atoms with Crippen LogP contribution in [0.15, 0.2) is 65.2 Å². The predicted octanol–water partition coefficient (Wildman–Crippen LogP) is 3.96. The van der Waals surface area contributed by atoms with Crippen molar-refractivity contribution in [2.24, 2.45) is 0 Å². The monoisotopic (exact) mass is 383 g/mol. The smallest absolute Gasteiger partial charge is 0.344 e. The van der Waals surface area contributed by atoms with Crippen LogP contribution in [-0.2, 0) is 14.3 Å². The van der Waals surface area contributed by atoms with Crippen molar-refractivity contribution < 1.29 is 19.1 Å². The van der Waals surface area contributed by atoms with Crippen molar-refractivity contribution in [1.82, 2.24) is 0 Å². The second-order valence-corrected chi connectivity index (χ2v) is 6.79. The van der Waals surface area contributed by atoms with E-state index in [0.717, 1.165) is 17.0 Å². The molecular formula is C21H21NO4S. The first-order chi connectivity index (χ1) is 13.1. The van der Waals surface area contributed by atoms with Crippen LogP contribution in [-0.4, -0.2) is 32.2 Å². The molecule has 1 aliphatic rings. The predicted molar refractivity (Wildman–Crippen MR) is 107 cm³/mol. The molecule has 0 radical (unpaired) electrons. The fourth-order valence-electron chi connectivity index (χ4n) is 3.24. The zero-order valence-electron chi connectivity index (χ0n) is 15.5. The molecule has 0 bridgehead atoms. The number of thioether (sulfide) groups is 1. The number of carbonyl (C=O) groups excluding carboxylic acids is 2. The van der Waals surface area contributed by atoms with Crippen molar-refractivity contribution >= 4 is 29.2 Å². The fraction of sp³-hybridized carbons (Fsp3) is 0.238. The highest BCUT2D eigenvalue weighted by Gasteiger charge is 2.38. The molecule has 1 heterocycles. The zero-order valence-corrected chi connectivity index (χ0v) is 16.3. The maximum atomic E-state index is 12.8. The summed E-state index contributed by atoms with van der Waals surface area (Å²) in [6.07, 6.45) is 2.06. The lowest BCUT2D eigenvalue weighted by Crippen LogP contribution is -2.37. The number of carbonyl (C=O) groups is 2. The van der Waals surface area contributed by atoms with Crippen LogP contribution in [0.2, 0.25) is 0 Å². The summed E-state index contributed by atoms with van der Waals surface area (Å²) in [4.78, 5) is 27.1. The molecule has 140 valence electrons. The second kappa shape index (κ2) is 8.31. The quantitative estimate of drug-likeness (QED) is 0.575. The lowest BCUT2D eigenvalue weighted by Gasteiger charge is -2.39. The molecule has 0 saturated heterocycles. The molecule has 0 saturated carbocycles. The number of esters is 1. The van der Waals surface area contributed by atoms with Crippen molar-refractivity contribution in [2.45, 2.75) is 12.5 Å². The standard InChI is InChI=1S/C21H21NO4S/c1-25-16-11-9-15(10-12-16)22-17(14-7-5-4-6-8-14)13-18(23)19(20(22)27-3)21(24)26-2/h4-12,17H,13H2,1-3H3/t17-/m1/s1. The highest BCUT2D eigenvalue weighted by Crippen LogP contribution is 2.43. The van der Waals surface area contributed by atoms with E-state index < -0.39 is 5.97 Å². The van der Waals surface area contributed by atoms with E-state index in [-0.39, 0.29) is 23.8 Å². The molecule has 5 nitrogen and oxygen atoms in total. The Morgan fingerprint density at radius 2 is 1.74 bits per heavy atom. The highest BCUT2D eigenvalue weighted by atomic mass is 32.2. The molecule has 0 spiro atoms. The first-order valence-corrected chi connectivity index (χ1v) is 9.71. The molecule has 1 aliphatic heterocycles. The SMILES string of the molecule is COC(=O)C1=C(SC)N(c2ccc(OC)cc2)[C@@H](c2ccccc2)CC1=O. The van der Waals surface area contributed by atoms with E-state index in [9.17, 15) is 9.59 Å². The molecule has 3 rings (SSSR count). The lowest BCUT2D eigenvalue weighted by molar-refractivity contribution is -0.138. The van der Waals surface area contributed by atoms with Crippen molar-refractivity contribution in [2.75, 3.05) is 25.4 Å². The van der Waals surface area contributed by atoms with Gasteiger partial charge >= 0.3 is 5.97 Å². The van der Waals surface area contributed by atoms with Crippen molar-refractivity contribution in [3.05, 3.63) is 70.8 Å². The largest absolute Gasteiger partial charge is 0.497 e. The van der Waals surface area contributed by atoms with Crippen LogP contribution in [0.5, 0.6) is 5.75 Å². The summed E-state index contributed by atoms with van der Waals surface area (Å²) in [5.41, 5.74) is 1.99. The molecule has 27 heavy (non-hydrogen) atoms. The number of rotatable bonds is 5. The van der Waals surface area contributed by atoms with Gasteiger partial charge in [0.15, 0.2) is 5.78 Å². The van der Waals surface area contributed by atoms with Crippen LogP contribution < -0.4 is 9.64 Å². The van der Waals surface area contributed by atoms with Gasteiger partial charge in [-0.25, -0.2) is 4.79 Å². The number of ketones is 1. The van der Waals surface area contributed by atoms with Crippen LogP contribution in [0.1, 0.15) is 18.0 Å². The summed E-state index contributed by atoms with van der Waals surface area (Å²) in [5.74, 6) is -0.0647. The van der Waals surface area contributed by atoms with Gasteiger partial charge in [0.1, 0.15) is 11.3 Å². The zero-order chi connectivity index (χ0) is 19.4. The Labute approximate surface area is 163 Å². The maximum Gasteiger partial charge on any atom is 0.344 e. The molecule has 2 aromatic carbocycles. The van der Waals surface area contributed by atoms with E-state index >= 15 is 0 Å². The van der Waals surface area contributed by atoms with E-state index in [2.05, 4.69) is 0 Å². The van der Waals surface area contributed by atoms with E-state index in [4.69, 9.17) is 9.47 Å². The van der Waals surface area contributed by atoms with E-state index in [1.165, 1.54) is 18.9 Å². The number of hydrogen-bond acceptors (Lipinski definition) is 6.